The average Bonchev–Trinajstić information content (AvgIpc) is 3.28. The summed E-state index contributed by atoms with van der Waals surface area (Å²) in [5, 5.41) is 13.0. The van der Waals surface area contributed by atoms with Gasteiger partial charge in [0.2, 0.25) is 0 Å². The van der Waals surface area contributed by atoms with Crippen LogP contribution < -0.4 is 5.43 Å². The normalized spacial score (nSPS) is 11.4. The van der Waals surface area contributed by atoms with E-state index in [1.807, 2.05) is 48.5 Å². The molecule has 0 fully saturated rings. The number of carbonyl (C=O) groups is 1. The zero-order chi connectivity index (χ0) is 21.9. The third-order valence-electron chi connectivity index (χ3n) is 5.30. The van der Waals surface area contributed by atoms with Gasteiger partial charge in [0, 0.05) is 16.2 Å². The van der Waals surface area contributed by atoms with Gasteiger partial charge in [-0.05, 0) is 51.4 Å². The number of aromatic nitrogens is 2. The van der Waals surface area contributed by atoms with Gasteiger partial charge in [-0.3, -0.25) is 9.48 Å². The van der Waals surface area contributed by atoms with E-state index in [0.29, 0.717) is 12.2 Å². The molecule has 0 bridgehead atoms. The van der Waals surface area contributed by atoms with Gasteiger partial charge in [-0.25, -0.2) is 5.43 Å². The lowest BCUT2D eigenvalue weighted by Gasteiger charge is -2.07. The van der Waals surface area contributed by atoms with E-state index in [1.165, 1.54) is 0 Å². The molecule has 5 aromatic rings. The minimum Gasteiger partial charge on any atom is -0.268 e. The maximum absolute atomic E-state index is 12.6. The second kappa shape index (κ2) is 8.77. The molecule has 0 spiro atoms. The molecule has 0 aliphatic carbocycles. The van der Waals surface area contributed by atoms with Crippen LogP contribution in [-0.4, -0.2) is 21.9 Å². The van der Waals surface area contributed by atoms with E-state index in [2.05, 4.69) is 61.9 Å². The van der Waals surface area contributed by atoms with Gasteiger partial charge in [0.05, 0.1) is 12.8 Å². The quantitative estimate of drug-likeness (QED) is 0.196. The van der Waals surface area contributed by atoms with Crippen molar-refractivity contribution in [2.75, 3.05) is 0 Å². The van der Waals surface area contributed by atoms with E-state index in [9.17, 15) is 4.79 Å². The number of fused-ring (bicyclic) bond motifs is 2. The molecule has 0 saturated carbocycles. The highest BCUT2D eigenvalue weighted by molar-refractivity contribution is 9.10. The van der Waals surface area contributed by atoms with Gasteiger partial charge in [-0.2, -0.15) is 10.2 Å². The van der Waals surface area contributed by atoms with Crippen molar-refractivity contribution in [3.63, 3.8) is 0 Å². The molecule has 156 valence electrons. The van der Waals surface area contributed by atoms with Gasteiger partial charge in [0.15, 0.2) is 5.69 Å². The molecule has 32 heavy (non-hydrogen) atoms. The Kier molecular flexibility index (Phi) is 5.52. The number of amides is 1. The van der Waals surface area contributed by atoms with E-state index in [1.54, 1.807) is 23.2 Å². The molecule has 4 aromatic carbocycles. The van der Waals surface area contributed by atoms with Crippen LogP contribution in [-0.2, 0) is 6.54 Å². The van der Waals surface area contributed by atoms with E-state index in [-0.39, 0.29) is 5.91 Å². The monoisotopic (exact) mass is 482 g/mol. The minimum absolute atomic E-state index is 0.321. The van der Waals surface area contributed by atoms with Crippen LogP contribution in [0.25, 0.3) is 21.5 Å². The minimum atomic E-state index is -0.347. The van der Waals surface area contributed by atoms with Gasteiger partial charge < -0.3 is 0 Å². The van der Waals surface area contributed by atoms with Crippen LogP contribution in [0.1, 0.15) is 21.6 Å². The summed E-state index contributed by atoms with van der Waals surface area (Å²) in [5.74, 6) is -0.347. The number of carbonyl (C=O) groups excluding carboxylic acids is 1. The fourth-order valence-electron chi connectivity index (χ4n) is 3.75. The van der Waals surface area contributed by atoms with Crippen LogP contribution in [0.5, 0.6) is 0 Å². The first kappa shape index (κ1) is 20.2. The Balaban J connectivity index is 1.35. The lowest BCUT2D eigenvalue weighted by atomic mass is 9.97. The molecule has 0 aliphatic heterocycles. The van der Waals surface area contributed by atoms with Crippen molar-refractivity contribution in [2.24, 2.45) is 5.10 Å². The average molecular weight is 483 g/mol. The fraction of sp³-hybridized carbons (Fsp3) is 0.0385. The van der Waals surface area contributed by atoms with Crippen molar-refractivity contribution in [2.45, 2.75) is 6.54 Å². The number of nitrogens with zero attached hydrogens (tertiary/aromatic N) is 3. The highest BCUT2D eigenvalue weighted by Crippen LogP contribution is 2.27. The van der Waals surface area contributed by atoms with Gasteiger partial charge in [0.1, 0.15) is 0 Å². The summed E-state index contributed by atoms with van der Waals surface area (Å²) in [4.78, 5) is 12.6. The Morgan fingerprint density at radius 2 is 1.59 bits per heavy atom. The largest absolute Gasteiger partial charge is 0.291 e. The van der Waals surface area contributed by atoms with Gasteiger partial charge >= 0.3 is 0 Å². The van der Waals surface area contributed by atoms with E-state index < -0.39 is 0 Å². The van der Waals surface area contributed by atoms with Crippen LogP contribution >= 0.6 is 15.9 Å². The number of nitrogens with one attached hydrogen (secondary N) is 1. The third-order valence-corrected chi connectivity index (χ3v) is 5.83. The number of rotatable bonds is 5. The SMILES string of the molecule is O=C(N/N=C\c1c2ccccc2cc2ccccc12)c1ccn(Cc2ccc(Br)cc2)n1. The maximum Gasteiger partial charge on any atom is 0.291 e. The number of halogens is 1. The molecule has 0 saturated heterocycles. The Morgan fingerprint density at radius 3 is 2.28 bits per heavy atom. The van der Waals surface area contributed by atoms with Crippen LogP contribution in [0.4, 0.5) is 0 Å². The molecule has 5 nitrogen and oxygen atoms in total. The molecule has 0 radical (unpaired) electrons. The predicted octanol–water partition coefficient (Wildman–Crippen LogP) is 5.76. The summed E-state index contributed by atoms with van der Waals surface area (Å²) in [5.41, 5.74) is 5.00. The van der Waals surface area contributed by atoms with Crippen LogP contribution in [0.3, 0.4) is 0 Å². The summed E-state index contributed by atoms with van der Waals surface area (Å²) in [6, 6.07) is 28.2. The number of benzene rings is 4. The summed E-state index contributed by atoms with van der Waals surface area (Å²) >= 11 is 3.43. The number of hydrazone groups is 1. The highest BCUT2D eigenvalue weighted by Gasteiger charge is 2.10. The highest BCUT2D eigenvalue weighted by atomic mass is 79.9. The molecular formula is C26H19BrN4O. The van der Waals surface area contributed by atoms with E-state index in [4.69, 9.17) is 0 Å². The first-order chi connectivity index (χ1) is 15.7. The Morgan fingerprint density at radius 1 is 0.938 bits per heavy atom. The van der Waals surface area contributed by atoms with Crippen LogP contribution in [0.2, 0.25) is 0 Å². The maximum atomic E-state index is 12.6. The van der Waals surface area contributed by atoms with Crippen LogP contribution in [0, 0.1) is 0 Å². The zero-order valence-corrected chi connectivity index (χ0v) is 18.7. The molecule has 1 N–H and O–H groups in total. The molecular weight excluding hydrogens is 464 g/mol. The summed E-state index contributed by atoms with van der Waals surface area (Å²) in [7, 11) is 0. The van der Waals surface area contributed by atoms with Gasteiger partial charge in [0.25, 0.3) is 5.91 Å². The number of hydrogen-bond acceptors (Lipinski definition) is 3. The second-order valence-corrected chi connectivity index (χ2v) is 8.37. The zero-order valence-electron chi connectivity index (χ0n) is 17.1. The fourth-order valence-corrected chi connectivity index (χ4v) is 4.01. The molecule has 0 atom stereocenters. The Bertz CT molecular complexity index is 1400. The van der Waals surface area contributed by atoms with Crippen LogP contribution in [0.15, 0.2) is 101 Å². The van der Waals surface area contributed by atoms with E-state index in [0.717, 1.165) is 37.1 Å². The number of hydrogen-bond donors (Lipinski definition) is 1. The van der Waals surface area contributed by atoms with Crippen molar-refractivity contribution >= 4 is 49.6 Å². The topological polar surface area (TPSA) is 59.3 Å². The molecule has 1 aromatic heterocycles. The lowest BCUT2D eigenvalue weighted by Crippen LogP contribution is -2.18. The Labute approximate surface area is 193 Å². The van der Waals surface area contributed by atoms with Crippen molar-refractivity contribution in [1.29, 1.82) is 0 Å². The van der Waals surface area contributed by atoms with Crippen molar-refractivity contribution in [1.82, 2.24) is 15.2 Å². The molecule has 0 unspecified atom stereocenters. The molecule has 5 rings (SSSR count). The molecule has 6 heteroatoms. The molecule has 1 heterocycles. The van der Waals surface area contributed by atoms with Crippen molar-refractivity contribution in [3.8, 4) is 0 Å². The first-order valence-corrected chi connectivity index (χ1v) is 11.0. The Hall–Kier alpha value is -3.77. The third kappa shape index (κ3) is 4.18. The van der Waals surface area contributed by atoms with Crippen molar-refractivity contribution in [3.05, 3.63) is 112 Å². The van der Waals surface area contributed by atoms with Gasteiger partial charge in [-0.1, -0.05) is 76.6 Å². The summed E-state index contributed by atoms with van der Waals surface area (Å²) < 4.78 is 2.76. The summed E-state index contributed by atoms with van der Waals surface area (Å²) in [6.45, 7) is 0.589. The molecule has 0 aliphatic rings. The molecule has 1 amide bonds. The standard InChI is InChI=1S/C26H19BrN4O/c27-21-11-9-18(10-12-21)17-31-14-13-25(30-31)26(32)29-28-16-24-22-7-3-1-5-19(22)15-20-6-2-4-8-23(20)24/h1-16H,17H2,(H,29,32)/b28-16-. The second-order valence-electron chi connectivity index (χ2n) is 7.46. The lowest BCUT2D eigenvalue weighted by molar-refractivity contribution is 0.0949. The van der Waals surface area contributed by atoms with Crippen molar-refractivity contribution < 1.29 is 4.79 Å². The van der Waals surface area contributed by atoms with E-state index >= 15 is 0 Å². The summed E-state index contributed by atoms with van der Waals surface area (Å²) in [6.07, 6.45) is 3.50. The smallest absolute Gasteiger partial charge is 0.268 e. The predicted molar refractivity (Wildman–Crippen MR) is 132 cm³/mol. The van der Waals surface area contributed by atoms with Gasteiger partial charge in [-0.15, -0.1) is 0 Å². The first-order valence-electron chi connectivity index (χ1n) is 10.2.